The van der Waals surface area contributed by atoms with Crippen molar-refractivity contribution in [3.63, 3.8) is 0 Å². The molecule has 3 N–H and O–H groups in total. The molecule has 13 nitrogen and oxygen atoms in total. The molecule has 248 valence electrons. The first kappa shape index (κ1) is 30.6. The summed E-state index contributed by atoms with van der Waals surface area (Å²) in [6, 6.07) is 12.7. The number of hydrogen-bond donors (Lipinski definition) is 2. The van der Waals surface area contributed by atoms with Crippen LogP contribution in [0.15, 0.2) is 66.0 Å². The molecule has 0 unspecified atom stereocenters. The van der Waals surface area contributed by atoms with Gasteiger partial charge in [-0.15, -0.1) is 0 Å². The van der Waals surface area contributed by atoms with Gasteiger partial charge >= 0.3 is 0 Å². The predicted octanol–water partition coefficient (Wildman–Crippen LogP) is 2.96. The Kier molecular flexibility index (Phi) is 7.35. The van der Waals surface area contributed by atoms with Crippen LogP contribution in [0.3, 0.4) is 0 Å². The zero-order valence-corrected chi connectivity index (χ0v) is 27.6. The average Bonchev–Trinajstić information content (AvgIpc) is 3.81. The normalized spacial score (nSPS) is 16.1. The van der Waals surface area contributed by atoms with E-state index in [4.69, 9.17) is 20.6 Å². The summed E-state index contributed by atoms with van der Waals surface area (Å²) >= 11 is 0. The van der Waals surface area contributed by atoms with Gasteiger partial charge in [0.25, 0.3) is 5.56 Å². The number of ether oxygens (including phenoxy) is 1. The molecular weight excluding hydrogens is 620 g/mol. The number of phenolic OH excluding ortho intramolecular Hbond substituents is 1. The molecule has 0 atom stereocenters. The standard InChI is InChI=1S/C36H36N10O3/c1-36(2)20-25-24(11-12-27(47)32(25)49-36)31-30-33(37)38-22-39-34(30)45(41-31)21-28-40-26-10-6-8-23(9-7-13-43-18-16-42(3)17-19-43)29(26)35(48)46(28)44-14-4-5-15-44/h4-6,8,10-12,14-15,22,47H,13,16-21H2,1-3H3,(H2,37,38,39). The van der Waals surface area contributed by atoms with E-state index in [1.807, 2.05) is 50.2 Å². The maximum Gasteiger partial charge on any atom is 0.282 e. The molecular formula is C36H36N10O3. The third-order valence-electron chi connectivity index (χ3n) is 9.21. The highest BCUT2D eigenvalue weighted by Crippen LogP contribution is 2.47. The first-order valence-corrected chi connectivity index (χ1v) is 16.3. The molecule has 1 saturated heterocycles. The minimum absolute atomic E-state index is 0.0665. The summed E-state index contributed by atoms with van der Waals surface area (Å²) in [6.07, 6.45) is 5.56. The Morgan fingerprint density at radius 3 is 2.61 bits per heavy atom. The number of piperazine rings is 1. The van der Waals surface area contributed by atoms with E-state index in [2.05, 4.69) is 38.7 Å². The number of hydrogen-bond acceptors (Lipinski definition) is 10. The molecule has 2 aliphatic heterocycles. The third-order valence-corrected chi connectivity index (χ3v) is 9.21. The van der Waals surface area contributed by atoms with Crippen molar-refractivity contribution in [2.45, 2.75) is 32.4 Å². The van der Waals surface area contributed by atoms with Gasteiger partial charge in [-0.1, -0.05) is 17.9 Å². The van der Waals surface area contributed by atoms with Crippen LogP contribution in [0, 0.1) is 11.8 Å². The van der Waals surface area contributed by atoms with Gasteiger partial charge in [0.1, 0.15) is 30.0 Å². The number of phenols is 1. The highest BCUT2D eigenvalue weighted by atomic mass is 16.5. The van der Waals surface area contributed by atoms with Gasteiger partial charge in [-0.3, -0.25) is 14.4 Å². The number of benzene rings is 2. The van der Waals surface area contributed by atoms with Crippen LogP contribution in [0.2, 0.25) is 0 Å². The number of nitrogens with two attached hydrogens (primary N) is 1. The first-order chi connectivity index (χ1) is 23.7. The predicted molar refractivity (Wildman–Crippen MR) is 186 cm³/mol. The van der Waals surface area contributed by atoms with E-state index in [1.165, 1.54) is 6.33 Å². The number of nitrogen functional groups attached to an aromatic ring is 1. The molecule has 0 saturated carbocycles. The number of aromatic nitrogens is 7. The van der Waals surface area contributed by atoms with Gasteiger partial charge < -0.3 is 20.5 Å². The SMILES string of the molecule is CN1CCN(CC#Cc2cccc3nc(Cn4nc(-c5ccc(O)c6c5CC(C)(C)O6)c5c(N)ncnc54)n(-n4cccc4)c(=O)c23)CC1. The molecule has 0 radical (unpaired) electrons. The minimum Gasteiger partial charge on any atom is -0.504 e. The topological polar surface area (TPSA) is 145 Å². The molecule has 0 bridgehead atoms. The van der Waals surface area contributed by atoms with Gasteiger partial charge in [-0.05, 0) is 57.3 Å². The van der Waals surface area contributed by atoms with Crippen molar-refractivity contribution in [1.82, 2.24) is 43.9 Å². The second-order valence-electron chi connectivity index (χ2n) is 13.2. The molecule has 2 aliphatic rings. The van der Waals surface area contributed by atoms with E-state index in [0.717, 1.165) is 37.3 Å². The fourth-order valence-electron chi connectivity index (χ4n) is 6.75. The van der Waals surface area contributed by atoms with Crippen molar-refractivity contribution in [3.8, 4) is 34.6 Å². The van der Waals surface area contributed by atoms with Crippen molar-refractivity contribution in [2.75, 3.05) is 45.5 Å². The van der Waals surface area contributed by atoms with Crippen LogP contribution >= 0.6 is 0 Å². The molecule has 6 aromatic rings. The van der Waals surface area contributed by atoms with Gasteiger partial charge in [-0.25, -0.2) is 19.6 Å². The summed E-state index contributed by atoms with van der Waals surface area (Å²) in [5, 5.41) is 16.6. The number of anilines is 1. The van der Waals surface area contributed by atoms with E-state index < -0.39 is 5.60 Å². The van der Waals surface area contributed by atoms with Crippen molar-refractivity contribution >= 4 is 27.8 Å². The summed E-state index contributed by atoms with van der Waals surface area (Å²) in [6.45, 7) is 8.63. The summed E-state index contributed by atoms with van der Waals surface area (Å²) in [5.41, 5.74) is 9.51. The maximum atomic E-state index is 14.4. The molecule has 8 rings (SSSR count). The highest BCUT2D eigenvalue weighted by Gasteiger charge is 2.35. The largest absolute Gasteiger partial charge is 0.504 e. The number of aromatic hydroxyl groups is 1. The van der Waals surface area contributed by atoms with E-state index in [9.17, 15) is 9.90 Å². The van der Waals surface area contributed by atoms with Crippen molar-refractivity contribution in [1.29, 1.82) is 0 Å². The van der Waals surface area contributed by atoms with Crippen LogP contribution in [0.1, 0.15) is 30.8 Å². The Hall–Kier alpha value is -5.71. The monoisotopic (exact) mass is 656 g/mol. The van der Waals surface area contributed by atoms with E-state index in [1.54, 1.807) is 32.5 Å². The van der Waals surface area contributed by atoms with Crippen molar-refractivity contribution < 1.29 is 9.84 Å². The van der Waals surface area contributed by atoms with E-state index in [0.29, 0.717) is 57.7 Å². The van der Waals surface area contributed by atoms with Crippen LogP contribution in [-0.2, 0) is 13.0 Å². The van der Waals surface area contributed by atoms with Crippen LogP contribution in [0.4, 0.5) is 5.82 Å². The van der Waals surface area contributed by atoms with Crippen LogP contribution in [-0.4, -0.2) is 94.4 Å². The number of rotatable bonds is 5. The maximum absolute atomic E-state index is 14.4. The molecule has 1 fully saturated rings. The fourth-order valence-corrected chi connectivity index (χ4v) is 6.75. The summed E-state index contributed by atoms with van der Waals surface area (Å²) in [5.74, 6) is 7.76. The lowest BCUT2D eigenvalue weighted by Gasteiger charge is -2.30. The molecule has 0 spiro atoms. The van der Waals surface area contributed by atoms with Gasteiger partial charge in [0.05, 0.1) is 22.8 Å². The lowest BCUT2D eigenvalue weighted by atomic mass is 9.95. The van der Waals surface area contributed by atoms with E-state index >= 15 is 0 Å². The quantitative estimate of drug-likeness (QED) is 0.266. The summed E-state index contributed by atoms with van der Waals surface area (Å²) in [7, 11) is 2.13. The second kappa shape index (κ2) is 11.8. The van der Waals surface area contributed by atoms with Crippen LogP contribution in [0.5, 0.6) is 11.5 Å². The van der Waals surface area contributed by atoms with Crippen LogP contribution in [0.25, 0.3) is 33.2 Å². The fraction of sp³-hybridized carbons (Fsp3) is 0.306. The first-order valence-electron chi connectivity index (χ1n) is 16.3. The zero-order valence-electron chi connectivity index (χ0n) is 27.6. The number of nitrogens with zero attached hydrogens (tertiary/aromatic N) is 9. The van der Waals surface area contributed by atoms with Crippen molar-refractivity contribution in [3.05, 3.63) is 88.5 Å². The van der Waals surface area contributed by atoms with Crippen LogP contribution < -0.4 is 16.0 Å². The summed E-state index contributed by atoms with van der Waals surface area (Å²) in [4.78, 5) is 32.9. The highest BCUT2D eigenvalue weighted by molar-refractivity contribution is 5.99. The summed E-state index contributed by atoms with van der Waals surface area (Å²) < 4.78 is 11.0. The number of fused-ring (bicyclic) bond motifs is 3. The van der Waals surface area contributed by atoms with Gasteiger partial charge in [0.2, 0.25) is 0 Å². The second-order valence-corrected chi connectivity index (χ2v) is 13.2. The lowest BCUT2D eigenvalue weighted by Crippen LogP contribution is -2.44. The average molecular weight is 657 g/mol. The Bertz CT molecular complexity index is 2360. The van der Waals surface area contributed by atoms with Gasteiger partial charge in [0.15, 0.2) is 23.0 Å². The van der Waals surface area contributed by atoms with Crippen molar-refractivity contribution in [2.24, 2.45) is 0 Å². The zero-order chi connectivity index (χ0) is 33.9. The van der Waals surface area contributed by atoms with Gasteiger partial charge in [0, 0.05) is 61.7 Å². The Morgan fingerprint density at radius 2 is 1.82 bits per heavy atom. The Balaban J connectivity index is 1.25. The number of likely N-dealkylation sites (N-methyl/N-ethyl adjacent to an activating group) is 1. The third kappa shape index (κ3) is 5.44. The lowest BCUT2D eigenvalue weighted by molar-refractivity contribution is 0.134. The molecule has 6 heterocycles. The van der Waals surface area contributed by atoms with Gasteiger partial charge in [-0.2, -0.15) is 9.77 Å². The minimum atomic E-state index is -0.508. The van der Waals surface area contributed by atoms with E-state index in [-0.39, 0.29) is 23.7 Å². The molecule has 4 aromatic heterocycles. The smallest absolute Gasteiger partial charge is 0.282 e. The molecule has 0 aliphatic carbocycles. The molecule has 49 heavy (non-hydrogen) atoms. The molecule has 0 amide bonds. The molecule has 13 heteroatoms. The Morgan fingerprint density at radius 1 is 1.02 bits per heavy atom. The Labute approximate surface area is 282 Å². The molecule has 2 aromatic carbocycles.